The fraction of sp³-hybridized carbons (Fsp3) is 0.250. The van der Waals surface area contributed by atoms with E-state index in [4.69, 9.17) is 15.2 Å². The number of rotatable bonds is 5. The van der Waals surface area contributed by atoms with Gasteiger partial charge in [-0.2, -0.15) is 0 Å². The van der Waals surface area contributed by atoms with E-state index in [1.165, 1.54) is 0 Å². The highest BCUT2D eigenvalue weighted by Gasteiger charge is 2.13. The lowest BCUT2D eigenvalue weighted by Gasteiger charge is -2.16. The minimum absolute atomic E-state index is 0.0430. The van der Waals surface area contributed by atoms with Gasteiger partial charge in [-0.3, -0.25) is 0 Å². The molecule has 21 heavy (non-hydrogen) atoms. The molecule has 0 saturated heterocycles. The first-order chi connectivity index (χ1) is 10.0. The maximum absolute atomic E-state index is 9.17. The molecule has 3 N–H and O–H groups in total. The number of halogens is 1. The fourth-order valence-corrected chi connectivity index (χ4v) is 2.33. The van der Waals surface area contributed by atoms with Crippen LogP contribution < -0.4 is 15.2 Å². The van der Waals surface area contributed by atoms with E-state index >= 15 is 0 Å². The lowest BCUT2D eigenvalue weighted by molar-refractivity contribution is 0.280. The van der Waals surface area contributed by atoms with Crippen LogP contribution in [0.3, 0.4) is 0 Å². The van der Waals surface area contributed by atoms with E-state index in [0.29, 0.717) is 17.2 Å². The number of hydrogen-bond donors (Lipinski definition) is 2. The number of ether oxygens (including phenoxy) is 2. The summed E-state index contributed by atoms with van der Waals surface area (Å²) < 4.78 is 12.2. The zero-order chi connectivity index (χ0) is 15.4. The van der Waals surface area contributed by atoms with E-state index < -0.39 is 0 Å². The molecule has 0 spiro atoms. The number of aliphatic hydroxyl groups excluding tert-OH is 1. The van der Waals surface area contributed by atoms with Crippen LogP contribution in [0, 0.1) is 0 Å². The molecular weight excluding hydrogens is 334 g/mol. The van der Waals surface area contributed by atoms with Crippen molar-refractivity contribution in [1.29, 1.82) is 0 Å². The summed E-state index contributed by atoms with van der Waals surface area (Å²) in [6.45, 7) is 1.86. The molecule has 1 unspecified atom stereocenters. The first kappa shape index (κ1) is 15.8. The summed E-state index contributed by atoms with van der Waals surface area (Å²) in [6, 6.07) is 10.9. The Kier molecular flexibility index (Phi) is 5.22. The fourth-order valence-electron chi connectivity index (χ4n) is 1.99. The molecule has 112 valence electrons. The second-order valence-electron chi connectivity index (χ2n) is 4.72. The first-order valence-corrected chi connectivity index (χ1v) is 7.35. The molecule has 5 heteroatoms. The summed E-state index contributed by atoms with van der Waals surface area (Å²) in [5.41, 5.74) is 7.65. The van der Waals surface area contributed by atoms with Gasteiger partial charge in [0.25, 0.3) is 0 Å². The predicted octanol–water partition coefficient (Wildman–Crippen LogP) is 3.76. The van der Waals surface area contributed by atoms with E-state index in [9.17, 15) is 5.11 Å². The summed E-state index contributed by atoms with van der Waals surface area (Å²) >= 11 is 3.43. The van der Waals surface area contributed by atoms with Gasteiger partial charge in [-0.1, -0.05) is 28.1 Å². The van der Waals surface area contributed by atoms with Gasteiger partial charge in [-0.15, -0.1) is 0 Å². The van der Waals surface area contributed by atoms with Crippen molar-refractivity contribution in [2.24, 2.45) is 5.73 Å². The van der Waals surface area contributed by atoms with Gasteiger partial charge in [-0.25, -0.2) is 0 Å². The largest absolute Gasteiger partial charge is 0.493 e. The quantitative estimate of drug-likeness (QED) is 0.860. The SMILES string of the molecule is COc1cc(CO)ccc1Oc1cc(Br)ccc1C(C)N. The summed E-state index contributed by atoms with van der Waals surface area (Å²) in [5.74, 6) is 1.82. The molecule has 2 aromatic rings. The molecule has 0 aromatic heterocycles. The maximum atomic E-state index is 9.17. The number of nitrogens with two attached hydrogens (primary N) is 1. The highest BCUT2D eigenvalue weighted by Crippen LogP contribution is 2.36. The molecule has 0 heterocycles. The van der Waals surface area contributed by atoms with Crippen molar-refractivity contribution in [3.05, 3.63) is 52.0 Å². The summed E-state index contributed by atoms with van der Waals surface area (Å²) in [6.07, 6.45) is 0. The van der Waals surface area contributed by atoms with E-state index in [0.717, 1.165) is 15.6 Å². The second-order valence-corrected chi connectivity index (χ2v) is 5.63. The van der Waals surface area contributed by atoms with Crippen LogP contribution in [0.1, 0.15) is 24.1 Å². The van der Waals surface area contributed by atoms with Gasteiger partial charge in [0, 0.05) is 16.1 Å². The highest BCUT2D eigenvalue weighted by atomic mass is 79.9. The Morgan fingerprint density at radius 3 is 2.52 bits per heavy atom. The third-order valence-electron chi connectivity index (χ3n) is 3.10. The molecule has 0 aliphatic heterocycles. The van der Waals surface area contributed by atoms with Gasteiger partial charge >= 0.3 is 0 Å². The Hall–Kier alpha value is -1.56. The van der Waals surface area contributed by atoms with Crippen molar-refractivity contribution in [2.45, 2.75) is 19.6 Å². The van der Waals surface area contributed by atoms with Crippen molar-refractivity contribution < 1.29 is 14.6 Å². The lowest BCUT2D eigenvalue weighted by atomic mass is 10.1. The van der Waals surface area contributed by atoms with Gasteiger partial charge in [0.1, 0.15) is 5.75 Å². The average molecular weight is 352 g/mol. The van der Waals surface area contributed by atoms with E-state index in [2.05, 4.69) is 15.9 Å². The Bertz CT molecular complexity index is 629. The summed E-state index contributed by atoms with van der Waals surface area (Å²) in [4.78, 5) is 0. The molecule has 0 fully saturated rings. The van der Waals surface area contributed by atoms with Crippen LogP contribution in [0.4, 0.5) is 0 Å². The van der Waals surface area contributed by atoms with E-state index in [1.807, 2.05) is 25.1 Å². The summed E-state index contributed by atoms with van der Waals surface area (Å²) in [5, 5.41) is 9.17. The molecule has 1 atom stereocenters. The monoisotopic (exact) mass is 351 g/mol. The predicted molar refractivity (Wildman–Crippen MR) is 85.7 cm³/mol. The standard InChI is InChI=1S/C16H18BrNO3/c1-10(18)13-5-4-12(17)8-15(13)21-14-6-3-11(9-19)7-16(14)20-2/h3-8,10,19H,9,18H2,1-2H3. The highest BCUT2D eigenvalue weighted by molar-refractivity contribution is 9.10. The topological polar surface area (TPSA) is 64.7 Å². The molecule has 0 aliphatic rings. The molecule has 0 saturated carbocycles. The molecule has 4 nitrogen and oxygen atoms in total. The smallest absolute Gasteiger partial charge is 0.169 e. The van der Waals surface area contributed by atoms with Gasteiger partial charge in [0.2, 0.25) is 0 Å². The van der Waals surface area contributed by atoms with Crippen molar-refractivity contribution in [3.8, 4) is 17.2 Å². The van der Waals surface area contributed by atoms with Gasteiger partial charge < -0.3 is 20.3 Å². The zero-order valence-corrected chi connectivity index (χ0v) is 13.6. The van der Waals surface area contributed by atoms with Crippen LogP contribution in [-0.4, -0.2) is 12.2 Å². The molecule has 0 radical (unpaired) electrons. The molecule has 0 aliphatic carbocycles. The van der Waals surface area contributed by atoms with Crippen LogP contribution >= 0.6 is 15.9 Å². The minimum atomic E-state index is -0.143. The Balaban J connectivity index is 2.40. The summed E-state index contributed by atoms with van der Waals surface area (Å²) in [7, 11) is 1.57. The first-order valence-electron chi connectivity index (χ1n) is 6.55. The number of aliphatic hydroxyl groups is 1. The maximum Gasteiger partial charge on any atom is 0.169 e. The second kappa shape index (κ2) is 6.93. The number of benzene rings is 2. The molecular formula is C16H18BrNO3. The Morgan fingerprint density at radius 2 is 1.90 bits per heavy atom. The Morgan fingerprint density at radius 1 is 1.14 bits per heavy atom. The molecule has 2 rings (SSSR count). The van der Waals surface area contributed by atoms with Crippen molar-refractivity contribution in [2.75, 3.05) is 7.11 Å². The minimum Gasteiger partial charge on any atom is -0.493 e. The molecule has 0 bridgehead atoms. The number of hydrogen-bond acceptors (Lipinski definition) is 4. The van der Waals surface area contributed by atoms with E-state index in [1.54, 1.807) is 25.3 Å². The zero-order valence-electron chi connectivity index (χ0n) is 12.0. The van der Waals surface area contributed by atoms with Crippen molar-refractivity contribution >= 4 is 15.9 Å². The van der Waals surface area contributed by atoms with E-state index in [-0.39, 0.29) is 12.6 Å². The van der Waals surface area contributed by atoms with Gasteiger partial charge in [0.05, 0.1) is 13.7 Å². The average Bonchev–Trinajstić information content (AvgIpc) is 2.47. The van der Waals surface area contributed by atoms with Crippen LogP contribution in [0.15, 0.2) is 40.9 Å². The van der Waals surface area contributed by atoms with Gasteiger partial charge in [0.15, 0.2) is 11.5 Å². The molecule has 2 aromatic carbocycles. The van der Waals surface area contributed by atoms with Crippen molar-refractivity contribution in [1.82, 2.24) is 0 Å². The van der Waals surface area contributed by atoms with Gasteiger partial charge in [-0.05, 0) is 36.8 Å². The lowest BCUT2D eigenvalue weighted by Crippen LogP contribution is -2.06. The van der Waals surface area contributed by atoms with Crippen LogP contribution in [0.2, 0.25) is 0 Å². The third-order valence-corrected chi connectivity index (χ3v) is 3.59. The van der Waals surface area contributed by atoms with Crippen LogP contribution in [-0.2, 0) is 6.61 Å². The third kappa shape index (κ3) is 3.75. The van der Waals surface area contributed by atoms with Crippen LogP contribution in [0.5, 0.6) is 17.2 Å². The van der Waals surface area contributed by atoms with Crippen molar-refractivity contribution in [3.63, 3.8) is 0 Å². The Labute approximate surface area is 132 Å². The number of methoxy groups -OCH3 is 1. The molecule has 0 amide bonds. The normalized spacial score (nSPS) is 12.0. The van der Waals surface area contributed by atoms with Crippen LogP contribution in [0.25, 0.3) is 0 Å².